The van der Waals surface area contributed by atoms with E-state index in [2.05, 4.69) is 10.1 Å². The van der Waals surface area contributed by atoms with Gasteiger partial charge in [0, 0.05) is 18.6 Å². The van der Waals surface area contributed by atoms with Gasteiger partial charge in [-0.1, -0.05) is 12.1 Å². The number of amides is 1. The van der Waals surface area contributed by atoms with E-state index >= 15 is 0 Å². The molecule has 102 valence electrons. The average Bonchev–Trinajstić information content (AvgIpc) is 2.38. The Labute approximate surface area is 108 Å². The maximum Gasteiger partial charge on any atom is 0.407 e. The molecule has 2 N–H and O–H groups in total. The second kappa shape index (κ2) is 6.34. The number of nitrogens with one attached hydrogen (secondary N) is 1. The van der Waals surface area contributed by atoms with Crippen molar-refractivity contribution in [3.8, 4) is 0 Å². The number of hydrogen-bond acceptors (Lipinski definition) is 5. The molecular weight excluding hydrogens is 256 g/mol. The topological polar surface area (TPSA) is 119 Å². The predicted molar refractivity (Wildman–Crippen MR) is 63.8 cm³/mol. The van der Waals surface area contributed by atoms with Crippen LogP contribution in [0.5, 0.6) is 0 Å². The predicted octanol–water partition coefficient (Wildman–Crippen LogP) is 0.946. The Morgan fingerprint density at radius 3 is 2.42 bits per heavy atom. The van der Waals surface area contributed by atoms with Gasteiger partial charge in [-0.15, -0.1) is 0 Å². The second-order valence-electron chi connectivity index (χ2n) is 3.65. The first-order valence-electron chi connectivity index (χ1n) is 5.24. The fourth-order valence-corrected chi connectivity index (χ4v) is 1.39. The van der Waals surface area contributed by atoms with Gasteiger partial charge >= 0.3 is 12.1 Å². The number of carboxylic acids is 1. The van der Waals surface area contributed by atoms with Crippen LogP contribution in [0.25, 0.3) is 0 Å². The summed E-state index contributed by atoms with van der Waals surface area (Å²) in [6.45, 7) is 0. The molecule has 0 fully saturated rings. The number of hydrogen-bond donors (Lipinski definition) is 2. The standard InChI is InChI=1S/C11H12N2O6/c1-19-11(16)12-9(10(14)15)6-7-2-4-8(5-3-7)13(17)18/h2-5,9H,6H2,1H3,(H,12,16)(H,14,15)/t9-/m0/s1. The van der Waals surface area contributed by atoms with Crippen LogP contribution in [0.2, 0.25) is 0 Å². The van der Waals surface area contributed by atoms with Gasteiger partial charge in [-0.25, -0.2) is 9.59 Å². The Morgan fingerprint density at radius 1 is 1.42 bits per heavy atom. The van der Waals surface area contributed by atoms with Gasteiger partial charge in [0.25, 0.3) is 5.69 Å². The van der Waals surface area contributed by atoms with E-state index in [1.165, 1.54) is 24.3 Å². The molecule has 8 heteroatoms. The molecular formula is C11H12N2O6. The molecule has 0 aliphatic heterocycles. The molecule has 0 bridgehead atoms. The van der Waals surface area contributed by atoms with Crippen LogP contribution in [0.4, 0.5) is 10.5 Å². The van der Waals surface area contributed by atoms with E-state index < -0.39 is 23.0 Å². The van der Waals surface area contributed by atoms with E-state index in [1.54, 1.807) is 0 Å². The number of aliphatic carboxylic acids is 1. The lowest BCUT2D eigenvalue weighted by atomic mass is 10.1. The number of ether oxygens (including phenoxy) is 1. The van der Waals surface area contributed by atoms with Crippen molar-refractivity contribution in [3.63, 3.8) is 0 Å². The van der Waals surface area contributed by atoms with Gasteiger partial charge in [-0.2, -0.15) is 0 Å². The first kappa shape index (κ1) is 14.4. The zero-order chi connectivity index (χ0) is 14.4. The summed E-state index contributed by atoms with van der Waals surface area (Å²) in [5.41, 5.74) is 0.464. The molecule has 1 amide bonds. The maximum atomic E-state index is 11.0. The largest absolute Gasteiger partial charge is 0.480 e. The second-order valence-corrected chi connectivity index (χ2v) is 3.65. The summed E-state index contributed by atoms with van der Waals surface area (Å²) in [6, 6.07) is 4.26. The third-order valence-electron chi connectivity index (χ3n) is 2.36. The summed E-state index contributed by atoms with van der Waals surface area (Å²) in [4.78, 5) is 31.8. The summed E-state index contributed by atoms with van der Waals surface area (Å²) in [6.07, 6.45) is -0.850. The van der Waals surface area contributed by atoms with Crippen molar-refractivity contribution in [2.24, 2.45) is 0 Å². The number of nitro benzene ring substituents is 1. The van der Waals surface area contributed by atoms with Gasteiger partial charge in [0.05, 0.1) is 12.0 Å². The number of alkyl carbamates (subject to hydrolysis) is 1. The maximum absolute atomic E-state index is 11.0. The molecule has 0 saturated heterocycles. The Bertz CT molecular complexity index is 484. The van der Waals surface area contributed by atoms with Gasteiger partial charge in [0.15, 0.2) is 0 Å². The number of nitrogens with zero attached hydrogens (tertiary/aromatic N) is 1. The van der Waals surface area contributed by atoms with Crippen molar-refractivity contribution in [3.05, 3.63) is 39.9 Å². The molecule has 0 unspecified atom stereocenters. The Kier molecular flexibility index (Phi) is 4.81. The molecule has 0 aliphatic carbocycles. The Morgan fingerprint density at radius 2 is 2.00 bits per heavy atom. The molecule has 1 aromatic carbocycles. The number of carbonyl (C=O) groups is 2. The summed E-state index contributed by atoms with van der Waals surface area (Å²) >= 11 is 0. The number of non-ortho nitro benzene ring substituents is 1. The minimum absolute atomic E-state index is 0.00241. The van der Waals surface area contributed by atoms with Crippen molar-refractivity contribution < 1.29 is 24.4 Å². The van der Waals surface area contributed by atoms with E-state index in [0.717, 1.165) is 7.11 Å². The van der Waals surface area contributed by atoms with Crippen molar-refractivity contribution >= 4 is 17.7 Å². The molecule has 0 spiro atoms. The number of rotatable bonds is 5. The SMILES string of the molecule is COC(=O)N[C@@H](Cc1ccc([N+](=O)[O-])cc1)C(=O)O. The van der Waals surface area contributed by atoms with E-state index in [-0.39, 0.29) is 12.1 Å². The fourth-order valence-electron chi connectivity index (χ4n) is 1.39. The third-order valence-corrected chi connectivity index (χ3v) is 2.36. The molecule has 1 aromatic rings. The smallest absolute Gasteiger partial charge is 0.407 e. The van der Waals surface area contributed by atoms with Crippen LogP contribution < -0.4 is 5.32 Å². The molecule has 0 saturated carbocycles. The minimum Gasteiger partial charge on any atom is -0.480 e. The number of nitro groups is 1. The van der Waals surface area contributed by atoms with E-state index in [9.17, 15) is 19.7 Å². The highest BCUT2D eigenvalue weighted by molar-refractivity contribution is 5.80. The Balaban J connectivity index is 2.76. The summed E-state index contributed by atoms with van der Waals surface area (Å²) in [5.74, 6) is -1.22. The highest BCUT2D eigenvalue weighted by atomic mass is 16.6. The van der Waals surface area contributed by atoms with Crippen LogP contribution >= 0.6 is 0 Å². The van der Waals surface area contributed by atoms with Crippen LogP contribution in [0.3, 0.4) is 0 Å². The fraction of sp³-hybridized carbons (Fsp3) is 0.273. The van der Waals surface area contributed by atoms with Gasteiger partial charge in [0.1, 0.15) is 6.04 Å². The van der Waals surface area contributed by atoms with Crippen LogP contribution in [0.1, 0.15) is 5.56 Å². The molecule has 1 rings (SSSR count). The lowest BCUT2D eigenvalue weighted by molar-refractivity contribution is -0.384. The summed E-state index contributed by atoms with van der Waals surface area (Å²) in [5, 5.41) is 21.6. The Hall–Kier alpha value is -2.64. The normalized spacial score (nSPS) is 11.4. The van der Waals surface area contributed by atoms with Crippen molar-refractivity contribution in [1.82, 2.24) is 5.32 Å². The van der Waals surface area contributed by atoms with Gasteiger partial charge < -0.3 is 15.2 Å². The molecule has 19 heavy (non-hydrogen) atoms. The van der Waals surface area contributed by atoms with E-state index in [4.69, 9.17) is 5.11 Å². The summed E-state index contributed by atoms with van der Waals surface area (Å²) < 4.78 is 4.32. The zero-order valence-corrected chi connectivity index (χ0v) is 10.0. The van der Waals surface area contributed by atoms with Crippen LogP contribution in [0.15, 0.2) is 24.3 Å². The van der Waals surface area contributed by atoms with Crippen molar-refractivity contribution in [2.75, 3.05) is 7.11 Å². The molecule has 0 heterocycles. The average molecular weight is 268 g/mol. The monoisotopic (exact) mass is 268 g/mol. The molecule has 0 aromatic heterocycles. The summed E-state index contributed by atoms with van der Waals surface area (Å²) in [7, 11) is 1.13. The quantitative estimate of drug-likeness (QED) is 0.606. The highest BCUT2D eigenvalue weighted by Gasteiger charge is 2.20. The van der Waals surface area contributed by atoms with Crippen molar-refractivity contribution in [1.29, 1.82) is 0 Å². The van der Waals surface area contributed by atoms with Crippen LogP contribution in [0, 0.1) is 10.1 Å². The lowest BCUT2D eigenvalue weighted by Crippen LogP contribution is -2.42. The minimum atomic E-state index is -1.22. The first-order chi connectivity index (χ1) is 8.93. The van der Waals surface area contributed by atoms with E-state index in [1.807, 2.05) is 0 Å². The highest BCUT2D eigenvalue weighted by Crippen LogP contribution is 2.13. The van der Waals surface area contributed by atoms with E-state index in [0.29, 0.717) is 5.56 Å². The molecule has 8 nitrogen and oxygen atoms in total. The molecule has 1 atom stereocenters. The molecule has 0 radical (unpaired) electrons. The number of methoxy groups -OCH3 is 1. The zero-order valence-electron chi connectivity index (χ0n) is 10.0. The lowest BCUT2D eigenvalue weighted by Gasteiger charge is -2.13. The first-order valence-corrected chi connectivity index (χ1v) is 5.24. The van der Waals surface area contributed by atoms with Crippen LogP contribution in [-0.4, -0.2) is 35.2 Å². The number of carbonyl (C=O) groups excluding carboxylic acids is 1. The van der Waals surface area contributed by atoms with Crippen LogP contribution in [-0.2, 0) is 16.0 Å². The van der Waals surface area contributed by atoms with Gasteiger partial charge in [0.2, 0.25) is 0 Å². The van der Waals surface area contributed by atoms with Gasteiger partial charge in [-0.05, 0) is 5.56 Å². The van der Waals surface area contributed by atoms with Gasteiger partial charge in [-0.3, -0.25) is 10.1 Å². The number of carboxylic acid groups (broad SMARTS) is 1. The van der Waals surface area contributed by atoms with Crippen molar-refractivity contribution in [2.45, 2.75) is 12.5 Å². The third kappa shape index (κ3) is 4.26. The molecule has 0 aliphatic rings. The number of benzene rings is 1.